The Morgan fingerprint density at radius 1 is 1.71 bits per heavy atom. The molecule has 1 atom stereocenters. The number of carbonyl (C=O) groups excluding carboxylic acids is 2. The molecule has 0 aromatic carbocycles. The third-order valence-electron chi connectivity index (χ3n) is 2.18. The molecule has 5 heteroatoms. The van der Waals surface area contributed by atoms with Crippen LogP contribution in [0.2, 0.25) is 0 Å². The molecule has 0 spiro atoms. The first kappa shape index (κ1) is 11.0. The van der Waals surface area contributed by atoms with E-state index in [0.29, 0.717) is 19.6 Å². The zero-order chi connectivity index (χ0) is 10.6. The molecule has 1 aliphatic heterocycles. The minimum absolute atomic E-state index is 0.0738. The predicted octanol–water partition coefficient (Wildman–Crippen LogP) is -0.501. The Kier molecular flexibility index (Phi) is 3.88. The smallest absolute Gasteiger partial charge is 0.324 e. The van der Waals surface area contributed by atoms with Crippen molar-refractivity contribution in [3.8, 4) is 0 Å². The number of ether oxygens (including phenoxy) is 1. The van der Waals surface area contributed by atoms with Gasteiger partial charge in [-0.25, -0.2) is 0 Å². The topological polar surface area (TPSA) is 72.6 Å². The number of amides is 1. The van der Waals surface area contributed by atoms with E-state index in [0.717, 1.165) is 6.42 Å². The molecule has 0 aromatic rings. The monoisotopic (exact) mass is 200 g/mol. The van der Waals surface area contributed by atoms with E-state index in [4.69, 9.17) is 10.5 Å². The molecule has 80 valence electrons. The summed E-state index contributed by atoms with van der Waals surface area (Å²) in [5.41, 5.74) is 5.58. The number of nitrogens with two attached hydrogens (primary N) is 1. The largest absolute Gasteiger partial charge is 0.465 e. The Morgan fingerprint density at radius 2 is 2.43 bits per heavy atom. The van der Waals surface area contributed by atoms with Gasteiger partial charge in [-0.15, -0.1) is 0 Å². The van der Waals surface area contributed by atoms with Crippen LogP contribution < -0.4 is 5.73 Å². The van der Waals surface area contributed by atoms with E-state index >= 15 is 0 Å². The number of hydrogen-bond acceptors (Lipinski definition) is 4. The van der Waals surface area contributed by atoms with Gasteiger partial charge in [0.25, 0.3) is 0 Å². The highest BCUT2D eigenvalue weighted by Crippen LogP contribution is 2.09. The summed E-state index contributed by atoms with van der Waals surface area (Å²) >= 11 is 0. The summed E-state index contributed by atoms with van der Waals surface area (Å²) in [5, 5.41) is 0. The van der Waals surface area contributed by atoms with Crippen LogP contribution in [0.3, 0.4) is 0 Å². The Bertz CT molecular complexity index is 230. The SMILES string of the molecule is CCOC(=O)[C@@H](N)CN1CCCC1=O. The fraction of sp³-hybridized carbons (Fsp3) is 0.778. The number of likely N-dealkylation sites (tertiary alicyclic amines) is 1. The fourth-order valence-electron chi connectivity index (χ4n) is 1.46. The van der Waals surface area contributed by atoms with Gasteiger partial charge in [0.15, 0.2) is 0 Å². The van der Waals surface area contributed by atoms with Gasteiger partial charge in [-0.3, -0.25) is 9.59 Å². The molecule has 0 saturated carbocycles. The van der Waals surface area contributed by atoms with Gasteiger partial charge in [0.05, 0.1) is 6.61 Å². The lowest BCUT2D eigenvalue weighted by Gasteiger charge is -2.19. The summed E-state index contributed by atoms with van der Waals surface area (Å²) in [4.78, 5) is 24.0. The summed E-state index contributed by atoms with van der Waals surface area (Å²) in [7, 11) is 0. The highest BCUT2D eigenvalue weighted by Gasteiger charge is 2.25. The van der Waals surface area contributed by atoms with Crippen molar-refractivity contribution in [3.05, 3.63) is 0 Å². The molecule has 1 aliphatic rings. The Hall–Kier alpha value is -1.10. The molecule has 14 heavy (non-hydrogen) atoms. The molecular formula is C9H16N2O3. The molecule has 1 rings (SSSR count). The highest BCUT2D eigenvalue weighted by molar-refractivity contribution is 5.80. The second-order valence-corrected chi connectivity index (χ2v) is 3.30. The van der Waals surface area contributed by atoms with E-state index in [-0.39, 0.29) is 12.5 Å². The predicted molar refractivity (Wildman–Crippen MR) is 50.4 cm³/mol. The van der Waals surface area contributed by atoms with E-state index in [2.05, 4.69) is 0 Å². The van der Waals surface area contributed by atoms with E-state index in [9.17, 15) is 9.59 Å². The van der Waals surface area contributed by atoms with E-state index < -0.39 is 12.0 Å². The Morgan fingerprint density at radius 3 is 2.93 bits per heavy atom. The number of carbonyl (C=O) groups is 2. The maximum absolute atomic E-state index is 11.2. The molecule has 2 N–H and O–H groups in total. The van der Waals surface area contributed by atoms with Crippen LogP contribution in [0.5, 0.6) is 0 Å². The molecule has 0 aliphatic carbocycles. The van der Waals surface area contributed by atoms with E-state index in [1.807, 2.05) is 0 Å². The Labute approximate surface area is 83.2 Å². The first-order valence-corrected chi connectivity index (χ1v) is 4.85. The highest BCUT2D eigenvalue weighted by atomic mass is 16.5. The first-order valence-electron chi connectivity index (χ1n) is 4.85. The van der Waals surface area contributed by atoms with Crippen molar-refractivity contribution in [1.29, 1.82) is 0 Å². The summed E-state index contributed by atoms with van der Waals surface area (Å²) in [5.74, 6) is -0.364. The first-order chi connectivity index (χ1) is 6.65. The third kappa shape index (κ3) is 2.70. The van der Waals surface area contributed by atoms with Crippen molar-refractivity contribution in [3.63, 3.8) is 0 Å². The third-order valence-corrected chi connectivity index (χ3v) is 2.18. The van der Waals surface area contributed by atoms with Crippen LogP contribution in [-0.2, 0) is 14.3 Å². The number of rotatable bonds is 4. The molecule has 1 fully saturated rings. The van der Waals surface area contributed by atoms with Crippen molar-refractivity contribution in [2.24, 2.45) is 5.73 Å². The average molecular weight is 200 g/mol. The lowest BCUT2D eigenvalue weighted by Crippen LogP contribution is -2.44. The molecule has 0 unspecified atom stereocenters. The van der Waals surface area contributed by atoms with Crippen LogP contribution in [0, 0.1) is 0 Å². The summed E-state index contributed by atoms with van der Waals surface area (Å²) in [6.45, 7) is 3.02. The van der Waals surface area contributed by atoms with Gasteiger partial charge in [-0.1, -0.05) is 0 Å². The summed E-state index contributed by atoms with van der Waals surface area (Å²) in [6.07, 6.45) is 1.42. The lowest BCUT2D eigenvalue weighted by atomic mass is 10.3. The van der Waals surface area contributed by atoms with Gasteiger partial charge in [0.2, 0.25) is 5.91 Å². The summed E-state index contributed by atoms with van der Waals surface area (Å²) in [6, 6.07) is -0.711. The molecule has 1 saturated heterocycles. The van der Waals surface area contributed by atoms with Crippen molar-refractivity contribution >= 4 is 11.9 Å². The molecule has 1 heterocycles. The van der Waals surface area contributed by atoms with Crippen LogP contribution in [-0.4, -0.2) is 42.5 Å². The van der Waals surface area contributed by atoms with Crippen LogP contribution in [0.25, 0.3) is 0 Å². The summed E-state index contributed by atoms with van der Waals surface area (Å²) < 4.78 is 4.75. The standard InChI is InChI=1S/C9H16N2O3/c1-2-14-9(13)7(10)6-11-5-3-4-8(11)12/h7H,2-6,10H2,1H3/t7-/m0/s1. The van der Waals surface area contributed by atoms with Crippen molar-refractivity contribution < 1.29 is 14.3 Å². The number of nitrogens with zero attached hydrogens (tertiary/aromatic N) is 1. The van der Waals surface area contributed by atoms with Crippen LogP contribution in [0.1, 0.15) is 19.8 Å². The molecule has 5 nitrogen and oxygen atoms in total. The van der Waals surface area contributed by atoms with Gasteiger partial charge in [-0.05, 0) is 13.3 Å². The van der Waals surface area contributed by atoms with Crippen molar-refractivity contribution in [2.45, 2.75) is 25.8 Å². The van der Waals surface area contributed by atoms with Crippen LogP contribution in [0.15, 0.2) is 0 Å². The fourth-order valence-corrected chi connectivity index (χ4v) is 1.46. The quantitative estimate of drug-likeness (QED) is 0.621. The van der Waals surface area contributed by atoms with Crippen molar-refractivity contribution in [1.82, 2.24) is 4.90 Å². The average Bonchev–Trinajstić information content (AvgIpc) is 2.52. The van der Waals surface area contributed by atoms with Crippen LogP contribution in [0.4, 0.5) is 0 Å². The molecular weight excluding hydrogens is 184 g/mol. The number of hydrogen-bond donors (Lipinski definition) is 1. The van der Waals surface area contributed by atoms with Gasteiger partial charge in [-0.2, -0.15) is 0 Å². The second kappa shape index (κ2) is 4.95. The Balaban J connectivity index is 2.35. The molecule has 0 aromatic heterocycles. The zero-order valence-corrected chi connectivity index (χ0v) is 8.36. The minimum Gasteiger partial charge on any atom is -0.465 e. The lowest BCUT2D eigenvalue weighted by molar-refractivity contribution is -0.145. The van der Waals surface area contributed by atoms with Gasteiger partial charge in [0.1, 0.15) is 6.04 Å². The van der Waals surface area contributed by atoms with Gasteiger partial charge >= 0.3 is 5.97 Å². The van der Waals surface area contributed by atoms with Gasteiger partial charge in [0, 0.05) is 19.5 Å². The maximum atomic E-state index is 11.2. The maximum Gasteiger partial charge on any atom is 0.324 e. The zero-order valence-electron chi connectivity index (χ0n) is 8.36. The normalized spacial score (nSPS) is 18.4. The van der Waals surface area contributed by atoms with E-state index in [1.165, 1.54) is 0 Å². The number of esters is 1. The van der Waals surface area contributed by atoms with E-state index in [1.54, 1.807) is 11.8 Å². The molecule has 1 amide bonds. The molecule has 0 radical (unpaired) electrons. The second-order valence-electron chi connectivity index (χ2n) is 3.30. The van der Waals surface area contributed by atoms with Gasteiger partial charge < -0.3 is 15.4 Å². The molecule has 0 bridgehead atoms. The van der Waals surface area contributed by atoms with Crippen LogP contribution >= 0.6 is 0 Å². The minimum atomic E-state index is -0.711. The van der Waals surface area contributed by atoms with Crippen molar-refractivity contribution in [2.75, 3.05) is 19.7 Å².